The summed E-state index contributed by atoms with van der Waals surface area (Å²) in [5.74, 6) is 0.577. The van der Waals surface area contributed by atoms with Gasteiger partial charge < -0.3 is 15.5 Å². The van der Waals surface area contributed by atoms with Crippen LogP contribution in [0.4, 0.5) is 0 Å². The Bertz CT molecular complexity index is 443. The number of benzene rings is 1. The Balaban J connectivity index is 2.85. The van der Waals surface area contributed by atoms with Crippen molar-refractivity contribution in [3.05, 3.63) is 35.4 Å². The van der Waals surface area contributed by atoms with Crippen LogP contribution in [0, 0.1) is 5.92 Å². The lowest BCUT2D eigenvalue weighted by atomic mass is 10.1. The molecule has 21 heavy (non-hydrogen) atoms. The molecule has 2 N–H and O–H groups in total. The van der Waals surface area contributed by atoms with E-state index in [0.29, 0.717) is 12.5 Å². The number of likely N-dealkylation sites (N-methyl/N-ethyl adjacent to an activating group) is 1. The standard InChI is InChI=1S/C17H29N3O/c1-14(2)13-20(11-10-19(3)4)17(21)16-7-5-6-15(12-16)8-9-18/h5-7,12,14H,8-11,13,18H2,1-4H3. The van der Waals surface area contributed by atoms with E-state index in [1.165, 1.54) is 0 Å². The van der Waals surface area contributed by atoms with E-state index in [9.17, 15) is 4.79 Å². The first-order valence-corrected chi connectivity index (χ1v) is 7.67. The van der Waals surface area contributed by atoms with Crippen molar-refractivity contribution in [2.24, 2.45) is 11.7 Å². The summed E-state index contributed by atoms with van der Waals surface area (Å²) in [6, 6.07) is 7.83. The summed E-state index contributed by atoms with van der Waals surface area (Å²) in [6.07, 6.45) is 0.809. The molecule has 0 aliphatic rings. The minimum absolute atomic E-state index is 0.115. The normalized spacial score (nSPS) is 11.2. The fraction of sp³-hybridized carbons (Fsp3) is 0.588. The van der Waals surface area contributed by atoms with E-state index in [-0.39, 0.29) is 5.91 Å². The van der Waals surface area contributed by atoms with E-state index in [0.717, 1.165) is 37.2 Å². The second-order valence-corrected chi connectivity index (χ2v) is 6.19. The SMILES string of the molecule is CC(C)CN(CCN(C)C)C(=O)c1cccc(CCN)c1. The van der Waals surface area contributed by atoms with Gasteiger partial charge in [-0.15, -0.1) is 0 Å². The Morgan fingerprint density at radius 1 is 1.24 bits per heavy atom. The lowest BCUT2D eigenvalue weighted by Crippen LogP contribution is -2.39. The molecule has 4 heteroatoms. The Labute approximate surface area is 128 Å². The summed E-state index contributed by atoms with van der Waals surface area (Å²) in [7, 11) is 4.06. The van der Waals surface area contributed by atoms with Gasteiger partial charge in [0.1, 0.15) is 0 Å². The third-order valence-corrected chi connectivity index (χ3v) is 3.30. The highest BCUT2D eigenvalue weighted by Crippen LogP contribution is 2.11. The molecule has 0 atom stereocenters. The van der Waals surface area contributed by atoms with Crippen molar-refractivity contribution >= 4 is 5.91 Å². The molecule has 0 aliphatic heterocycles. The number of hydrogen-bond donors (Lipinski definition) is 1. The van der Waals surface area contributed by atoms with E-state index in [1.54, 1.807) is 0 Å². The summed E-state index contributed by atoms with van der Waals surface area (Å²) >= 11 is 0. The molecule has 0 unspecified atom stereocenters. The highest BCUT2D eigenvalue weighted by Gasteiger charge is 2.17. The highest BCUT2D eigenvalue weighted by molar-refractivity contribution is 5.94. The number of carbonyl (C=O) groups is 1. The van der Waals surface area contributed by atoms with Gasteiger partial charge in [0.05, 0.1) is 0 Å². The first-order chi connectivity index (χ1) is 9.93. The number of carbonyl (C=O) groups excluding carboxylic acids is 1. The third kappa shape index (κ3) is 6.27. The maximum Gasteiger partial charge on any atom is 0.253 e. The molecule has 0 bridgehead atoms. The number of hydrogen-bond acceptors (Lipinski definition) is 3. The van der Waals surface area contributed by atoms with Gasteiger partial charge in [0, 0.05) is 25.2 Å². The van der Waals surface area contributed by atoms with Gasteiger partial charge in [-0.1, -0.05) is 26.0 Å². The van der Waals surface area contributed by atoms with Gasteiger partial charge in [-0.05, 0) is 50.7 Å². The average molecular weight is 291 g/mol. The Morgan fingerprint density at radius 2 is 1.95 bits per heavy atom. The maximum absolute atomic E-state index is 12.7. The predicted molar refractivity (Wildman–Crippen MR) is 88.5 cm³/mol. The van der Waals surface area contributed by atoms with Gasteiger partial charge in [0.2, 0.25) is 0 Å². The van der Waals surface area contributed by atoms with Crippen LogP contribution < -0.4 is 5.73 Å². The number of nitrogens with zero attached hydrogens (tertiary/aromatic N) is 2. The molecule has 0 spiro atoms. The molecule has 0 aromatic heterocycles. The van der Waals surface area contributed by atoms with Crippen molar-refractivity contribution in [2.45, 2.75) is 20.3 Å². The zero-order chi connectivity index (χ0) is 15.8. The van der Waals surface area contributed by atoms with Gasteiger partial charge in [-0.2, -0.15) is 0 Å². The molecule has 1 rings (SSSR count). The van der Waals surface area contributed by atoms with Gasteiger partial charge in [0.25, 0.3) is 5.91 Å². The topological polar surface area (TPSA) is 49.6 Å². The second kappa shape index (κ2) is 8.80. The van der Waals surface area contributed by atoms with Crippen molar-refractivity contribution in [2.75, 3.05) is 40.3 Å². The van der Waals surface area contributed by atoms with Crippen LogP contribution in [0.5, 0.6) is 0 Å². The smallest absolute Gasteiger partial charge is 0.253 e. The first kappa shape index (κ1) is 17.7. The minimum atomic E-state index is 0.115. The molecule has 0 aliphatic carbocycles. The van der Waals surface area contributed by atoms with Crippen LogP contribution in [0.15, 0.2) is 24.3 Å². The number of amides is 1. The van der Waals surface area contributed by atoms with Crippen LogP contribution in [-0.4, -0.2) is 56.0 Å². The van der Waals surface area contributed by atoms with Crippen molar-refractivity contribution < 1.29 is 4.79 Å². The fourth-order valence-electron chi connectivity index (χ4n) is 2.25. The summed E-state index contributed by atoms with van der Waals surface area (Å²) < 4.78 is 0. The maximum atomic E-state index is 12.7. The molecule has 0 fully saturated rings. The molecular formula is C17H29N3O. The molecule has 0 saturated heterocycles. The molecule has 118 valence electrons. The predicted octanol–water partition coefficient (Wildman–Crippen LogP) is 1.85. The van der Waals surface area contributed by atoms with Crippen molar-refractivity contribution in [3.8, 4) is 0 Å². The summed E-state index contributed by atoms with van der Waals surface area (Å²) in [5, 5.41) is 0. The van der Waals surface area contributed by atoms with E-state index >= 15 is 0 Å². The lowest BCUT2D eigenvalue weighted by Gasteiger charge is -2.26. The first-order valence-electron chi connectivity index (χ1n) is 7.67. The molecule has 0 heterocycles. The molecule has 1 amide bonds. The fourth-order valence-corrected chi connectivity index (χ4v) is 2.25. The Hall–Kier alpha value is -1.39. The van der Waals surface area contributed by atoms with Crippen LogP contribution in [-0.2, 0) is 6.42 Å². The summed E-state index contributed by atoms with van der Waals surface area (Å²) in [5.41, 5.74) is 7.48. The summed E-state index contributed by atoms with van der Waals surface area (Å²) in [6.45, 7) is 7.30. The third-order valence-electron chi connectivity index (χ3n) is 3.30. The van der Waals surface area contributed by atoms with Crippen LogP contribution >= 0.6 is 0 Å². The molecule has 0 saturated carbocycles. The molecule has 0 radical (unpaired) electrons. The lowest BCUT2D eigenvalue weighted by molar-refractivity contribution is 0.0724. The van der Waals surface area contributed by atoms with E-state index in [2.05, 4.69) is 18.7 Å². The second-order valence-electron chi connectivity index (χ2n) is 6.19. The van der Waals surface area contributed by atoms with Gasteiger partial charge in [0.15, 0.2) is 0 Å². The van der Waals surface area contributed by atoms with Crippen LogP contribution in [0.1, 0.15) is 29.8 Å². The van der Waals surface area contributed by atoms with Gasteiger partial charge in [-0.25, -0.2) is 0 Å². The van der Waals surface area contributed by atoms with Crippen LogP contribution in [0.3, 0.4) is 0 Å². The molecule has 1 aromatic rings. The molecule has 1 aromatic carbocycles. The van der Waals surface area contributed by atoms with E-state index in [4.69, 9.17) is 5.73 Å². The van der Waals surface area contributed by atoms with Crippen LogP contribution in [0.2, 0.25) is 0 Å². The zero-order valence-electron chi connectivity index (χ0n) is 13.8. The Kier molecular flexibility index (Phi) is 7.40. The van der Waals surface area contributed by atoms with Crippen molar-refractivity contribution in [1.29, 1.82) is 0 Å². The molecule has 4 nitrogen and oxygen atoms in total. The van der Waals surface area contributed by atoms with E-state index in [1.807, 2.05) is 43.3 Å². The minimum Gasteiger partial charge on any atom is -0.337 e. The van der Waals surface area contributed by atoms with E-state index < -0.39 is 0 Å². The monoisotopic (exact) mass is 291 g/mol. The zero-order valence-corrected chi connectivity index (χ0v) is 13.8. The molecular weight excluding hydrogens is 262 g/mol. The van der Waals surface area contributed by atoms with Crippen molar-refractivity contribution in [1.82, 2.24) is 9.80 Å². The summed E-state index contributed by atoms with van der Waals surface area (Å²) in [4.78, 5) is 16.8. The largest absolute Gasteiger partial charge is 0.337 e. The number of rotatable bonds is 8. The van der Waals surface area contributed by atoms with Crippen LogP contribution in [0.25, 0.3) is 0 Å². The number of nitrogens with two attached hydrogens (primary N) is 1. The Morgan fingerprint density at radius 3 is 2.52 bits per heavy atom. The highest BCUT2D eigenvalue weighted by atomic mass is 16.2. The average Bonchev–Trinajstić information content (AvgIpc) is 2.43. The van der Waals surface area contributed by atoms with Gasteiger partial charge in [-0.3, -0.25) is 4.79 Å². The van der Waals surface area contributed by atoms with Crippen molar-refractivity contribution in [3.63, 3.8) is 0 Å². The van der Waals surface area contributed by atoms with Gasteiger partial charge >= 0.3 is 0 Å². The quantitative estimate of drug-likeness (QED) is 0.795.